The van der Waals surface area contributed by atoms with E-state index in [9.17, 15) is 14.4 Å². The van der Waals surface area contributed by atoms with E-state index in [0.717, 1.165) is 0 Å². The highest BCUT2D eigenvalue weighted by atomic mass is 16.7. The van der Waals surface area contributed by atoms with E-state index in [1.165, 1.54) is 19.9 Å². The minimum absolute atomic E-state index is 0.00495. The minimum atomic E-state index is -1.28. The number of benzene rings is 1. The smallest absolute Gasteiger partial charge is 0.348 e. The summed E-state index contributed by atoms with van der Waals surface area (Å²) < 4.78 is 15.5. The molecule has 2 heterocycles. The minimum Gasteiger partial charge on any atom is -0.482 e. The first kappa shape index (κ1) is 16.0. The molecular weight excluding hydrogens is 314 g/mol. The van der Waals surface area contributed by atoms with Gasteiger partial charge in [0.2, 0.25) is 0 Å². The average molecular weight is 331 g/mol. The van der Waals surface area contributed by atoms with Gasteiger partial charge in [-0.15, -0.1) is 0 Å². The molecule has 0 atom stereocenters. The Bertz CT molecular complexity index is 742. The zero-order chi connectivity index (χ0) is 17.5. The number of carbonyl (C=O) groups excluding carboxylic acids is 3. The van der Waals surface area contributed by atoms with Gasteiger partial charge in [0, 0.05) is 20.4 Å². The van der Waals surface area contributed by atoms with Gasteiger partial charge in [0.05, 0.1) is 5.69 Å². The van der Waals surface area contributed by atoms with Crippen molar-refractivity contribution < 1.29 is 28.6 Å². The number of rotatable bonds is 2. The van der Waals surface area contributed by atoms with Crippen molar-refractivity contribution >= 4 is 29.6 Å². The number of esters is 2. The van der Waals surface area contributed by atoms with Gasteiger partial charge >= 0.3 is 11.9 Å². The first-order chi connectivity index (χ1) is 11.3. The maximum Gasteiger partial charge on any atom is 0.348 e. The zero-order valence-electron chi connectivity index (χ0n) is 13.6. The van der Waals surface area contributed by atoms with Gasteiger partial charge < -0.3 is 19.1 Å². The summed E-state index contributed by atoms with van der Waals surface area (Å²) in [6.45, 7) is 5.32. The Morgan fingerprint density at radius 3 is 2.46 bits per heavy atom. The van der Waals surface area contributed by atoms with E-state index in [1.54, 1.807) is 23.1 Å². The molecule has 0 spiro atoms. The van der Waals surface area contributed by atoms with Crippen LogP contribution in [0.4, 0.5) is 5.69 Å². The van der Waals surface area contributed by atoms with Crippen LogP contribution in [0.1, 0.15) is 26.3 Å². The summed E-state index contributed by atoms with van der Waals surface area (Å²) in [5.41, 5.74) is 0.968. The molecule has 24 heavy (non-hydrogen) atoms. The molecule has 7 heteroatoms. The van der Waals surface area contributed by atoms with Gasteiger partial charge in [0.1, 0.15) is 11.3 Å². The van der Waals surface area contributed by atoms with Crippen LogP contribution >= 0.6 is 0 Å². The van der Waals surface area contributed by atoms with Gasteiger partial charge in [-0.1, -0.05) is 6.07 Å². The fourth-order valence-corrected chi connectivity index (χ4v) is 2.60. The summed E-state index contributed by atoms with van der Waals surface area (Å²) in [5.74, 6) is -2.33. The molecule has 0 unspecified atom stereocenters. The standard InChI is InChI=1S/C17H17NO6/c1-4-18-12-8-10(5-6-13(12)22-9-14(18)19)7-11-15(20)23-17(2,3)24-16(11)21/h5-8H,4,9H2,1-3H3. The number of cyclic esters (lactones) is 2. The number of nitrogens with zero attached hydrogens (tertiary/aromatic N) is 1. The first-order valence-electron chi connectivity index (χ1n) is 7.56. The fourth-order valence-electron chi connectivity index (χ4n) is 2.60. The van der Waals surface area contributed by atoms with Crippen molar-refractivity contribution in [2.45, 2.75) is 26.6 Å². The number of anilines is 1. The molecule has 0 aromatic heterocycles. The highest BCUT2D eigenvalue weighted by molar-refractivity contribution is 6.19. The molecule has 1 aromatic rings. The summed E-state index contributed by atoms with van der Waals surface area (Å²) in [5, 5.41) is 0. The van der Waals surface area contributed by atoms with E-state index in [-0.39, 0.29) is 18.1 Å². The van der Waals surface area contributed by atoms with E-state index in [1.807, 2.05) is 6.92 Å². The third kappa shape index (κ3) is 2.84. The van der Waals surface area contributed by atoms with Crippen molar-refractivity contribution in [3.05, 3.63) is 29.3 Å². The molecule has 0 aliphatic carbocycles. The number of ether oxygens (including phenoxy) is 3. The van der Waals surface area contributed by atoms with Crippen LogP contribution in [-0.2, 0) is 23.9 Å². The molecule has 0 radical (unpaired) electrons. The maximum absolute atomic E-state index is 12.0. The van der Waals surface area contributed by atoms with Gasteiger partial charge in [-0.05, 0) is 30.7 Å². The van der Waals surface area contributed by atoms with Gasteiger partial charge in [-0.3, -0.25) is 4.79 Å². The molecule has 1 aromatic carbocycles. The summed E-state index contributed by atoms with van der Waals surface area (Å²) in [4.78, 5) is 37.5. The van der Waals surface area contributed by atoms with E-state index in [0.29, 0.717) is 23.5 Å². The van der Waals surface area contributed by atoms with Crippen LogP contribution in [0.15, 0.2) is 23.8 Å². The third-order valence-electron chi connectivity index (χ3n) is 3.67. The Morgan fingerprint density at radius 1 is 1.17 bits per heavy atom. The third-order valence-corrected chi connectivity index (χ3v) is 3.67. The second kappa shape index (κ2) is 5.67. The number of fused-ring (bicyclic) bond motifs is 1. The SMILES string of the molecule is CCN1C(=O)COc2ccc(C=C3C(=O)OC(C)(C)OC3=O)cc21. The van der Waals surface area contributed by atoms with Crippen LogP contribution in [0.5, 0.6) is 5.75 Å². The van der Waals surface area contributed by atoms with Crippen molar-refractivity contribution in [1.82, 2.24) is 0 Å². The lowest BCUT2D eigenvalue weighted by Crippen LogP contribution is -2.41. The van der Waals surface area contributed by atoms with Gasteiger partial charge in [0.25, 0.3) is 11.7 Å². The van der Waals surface area contributed by atoms with Gasteiger partial charge in [0.15, 0.2) is 6.61 Å². The Balaban J connectivity index is 1.97. The highest BCUT2D eigenvalue weighted by Gasteiger charge is 2.39. The van der Waals surface area contributed by atoms with Crippen molar-refractivity contribution in [3.63, 3.8) is 0 Å². The van der Waals surface area contributed by atoms with Crippen molar-refractivity contribution in [2.24, 2.45) is 0 Å². The van der Waals surface area contributed by atoms with Gasteiger partial charge in [-0.25, -0.2) is 9.59 Å². The molecule has 2 aliphatic rings. The molecule has 1 amide bonds. The Labute approximate surface area is 138 Å². The maximum atomic E-state index is 12.0. The predicted molar refractivity (Wildman–Crippen MR) is 84.2 cm³/mol. The van der Waals surface area contributed by atoms with E-state index >= 15 is 0 Å². The molecule has 126 valence electrons. The normalized spacial score (nSPS) is 19.2. The topological polar surface area (TPSA) is 82.1 Å². The zero-order valence-corrected chi connectivity index (χ0v) is 13.6. The molecule has 2 aliphatic heterocycles. The highest BCUT2D eigenvalue weighted by Crippen LogP contribution is 2.34. The van der Waals surface area contributed by atoms with Crippen LogP contribution in [0.25, 0.3) is 6.08 Å². The summed E-state index contributed by atoms with van der Waals surface area (Å²) in [6, 6.07) is 5.07. The number of carbonyl (C=O) groups is 3. The Morgan fingerprint density at radius 2 is 1.83 bits per heavy atom. The van der Waals surface area contributed by atoms with Crippen molar-refractivity contribution in [2.75, 3.05) is 18.1 Å². The summed E-state index contributed by atoms with van der Waals surface area (Å²) in [6.07, 6.45) is 1.38. The number of amides is 1. The van der Waals surface area contributed by atoms with Gasteiger partial charge in [-0.2, -0.15) is 0 Å². The number of hydrogen-bond acceptors (Lipinski definition) is 6. The van der Waals surface area contributed by atoms with Crippen LogP contribution in [0.3, 0.4) is 0 Å². The monoisotopic (exact) mass is 331 g/mol. The molecule has 1 saturated heterocycles. The van der Waals surface area contributed by atoms with Crippen molar-refractivity contribution in [3.8, 4) is 5.75 Å². The van der Waals surface area contributed by atoms with Crippen LogP contribution in [0, 0.1) is 0 Å². The van der Waals surface area contributed by atoms with Crippen LogP contribution < -0.4 is 9.64 Å². The van der Waals surface area contributed by atoms with Crippen LogP contribution in [0.2, 0.25) is 0 Å². The van der Waals surface area contributed by atoms with E-state index < -0.39 is 17.7 Å². The molecule has 1 fully saturated rings. The largest absolute Gasteiger partial charge is 0.482 e. The van der Waals surface area contributed by atoms with Crippen LogP contribution in [-0.4, -0.2) is 36.8 Å². The molecule has 7 nitrogen and oxygen atoms in total. The number of hydrogen-bond donors (Lipinski definition) is 0. The molecule has 3 rings (SSSR count). The predicted octanol–water partition coefficient (Wildman–Crippen LogP) is 1.65. The van der Waals surface area contributed by atoms with Crippen molar-refractivity contribution in [1.29, 1.82) is 0 Å². The van der Waals surface area contributed by atoms with E-state index in [4.69, 9.17) is 14.2 Å². The molecule has 0 N–H and O–H groups in total. The quantitative estimate of drug-likeness (QED) is 0.466. The first-order valence-corrected chi connectivity index (χ1v) is 7.56. The Kier molecular flexibility index (Phi) is 3.79. The molecule has 0 saturated carbocycles. The summed E-state index contributed by atoms with van der Waals surface area (Å²) >= 11 is 0. The lowest BCUT2D eigenvalue weighted by atomic mass is 10.1. The Hall–Kier alpha value is -2.83. The lowest BCUT2D eigenvalue weighted by Gasteiger charge is -2.30. The average Bonchev–Trinajstić information content (AvgIpc) is 2.50. The molecular formula is C17H17NO6. The second-order valence-electron chi connectivity index (χ2n) is 5.89. The second-order valence-corrected chi connectivity index (χ2v) is 5.89. The summed E-state index contributed by atoms with van der Waals surface area (Å²) in [7, 11) is 0. The number of likely N-dealkylation sites (N-methyl/N-ethyl adjacent to an activating group) is 1. The molecule has 0 bridgehead atoms. The lowest BCUT2D eigenvalue weighted by molar-refractivity contribution is -0.222. The fraction of sp³-hybridized carbons (Fsp3) is 0.353. The van der Waals surface area contributed by atoms with E-state index in [2.05, 4.69) is 0 Å².